The van der Waals surface area contributed by atoms with Crippen LogP contribution < -0.4 is 5.32 Å². The predicted octanol–water partition coefficient (Wildman–Crippen LogP) is 3.00. The quantitative estimate of drug-likeness (QED) is 0.869. The SMILES string of the molecule is CCCNC(c1cnccc1C)C1CCCCO1. The fourth-order valence-corrected chi connectivity index (χ4v) is 2.57. The Hall–Kier alpha value is -0.930. The molecule has 2 heterocycles. The van der Waals surface area contributed by atoms with Crippen molar-refractivity contribution in [3.05, 3.63) is 29.6 Å². The number of nitrogens with zero attached hydrogens (tertiary/aromatic N) is 1. The Labute approximate surface area is 110 Å². The van der Waals surface area contributed by atoms with Gasteiger partial charge in [-0.1, -0.05) is 6.92 Å². The molecule has 1 aromatic rings. The normalized spacial score (nSPS) is 21.8. The van der Waals surface area contributed by atoms with Crippen LogP contribution in [0.1, 0.15) is 49.8 Å². The van der Waals surface area contributed by atoms with Gasteiger partial charge in [-0.3, -0.25) is 4.98 Å². The lowest BCUT2D eigenvalue weighted by atomic mass is 9.94. The number of ether oxygens (including phenoxy) is 1. The maximum absolute atomic E-state index is 5.96. The van der Waals surface area contributed by atoms with Crippen molar-refractivity contribution in [1.82, 2.24) is 10.3 Å². The molecule has 0 saturated carbocycles. The molecule has 2 atom stereocenters. The van der Waals surface area contributed by atoms with Gasteiger partial charge in [0.1, 0.15) is 0 Å². The van der Waals surface area contributed by atoms with Gasteiger partial charge in [0.15, 0.2) is 0 Å². The molecule has 2 unspecified atom stereocenters. The van der Waals surface area contributed by atoms with Gasteiger partial charge in [-0.05, 0) is 56.3 Å². The highest BCUT2D eigenvalue weighted by Crippen LogP contribution is 2.27. The average molecular weight is 248 g/mol. The Bertz CT molecular complexity index is 361. The second kappa shape index (κ2) is 6.86. The topological polar surface area (TPSA) is 34.2 Å². The molecule has 1 saturated heterocycles. The molecule has 0 bridgehead atoms. The van der Waals surface area contributed by atoms with Crippen LogP contribution in [0.15, 0.2) is 18.5 Å². The van der Waals surface area contributed by atoms with E-state index in [-0.39, 0.29) is 0 Å². The largest absolute Gasteiger partial charge is 0.376 e. The van der Waals surface area contributed by atoms with E-state index >= 15 is 0 Å². The first-order valence-corrected chi connectivity index (χ1v) is 7.08. The van der Waals surface area contributed by atoms with E-state index in [0.29, 0.717) is 12.1 Å². The monoisotopic (exact) mass is 248 g/mol. The van der Waals surface area contributed by atoms with E-state index in [9.17, 15) is 0 Å². The van der Waals surface area contributed by atoms with Gasteiger partial charge in [0.05, 0.1) is 12.1 Å². The van der Waals surface area contributed by atoms with E-state index in [2.05, 4.69) is 30.2 Å². The number of hydrogen-bond donors (Lipinski definition) is 1. The Kier molecular flexibility index (Phi) is 5.14. The van der Waals surface area contributed by atoms with E-state index in [4.69, 9.17) is 4.74 Å². The van der Waals surface area contributed by atoms with Crippen LogP contribution in [0, 0.1) is 6.92 Å². The molecule has 0 radical (unpaired) electrons. The van der Waals surface area contributed by atoms with Gasteiger partial charge in [0.25, 0.3) is 0 Å². The van der Waals surface area contributed by atoms with E-state index < -0.39 is 0 Å². The third-order valence-electron chi connectivity index (χ3n) is 3.62. The summed E-state index contributed by atoms with van der Waals surface area (Å²) in [5.41, 5.74) is 2.59. The van der Waals surface area contributed by atoms with Crippen molar-refractivity contribution in [2.24, 2.45) is 0 Å². The summed E-state index contributed by atoms with van der Waals surface area (Å²) in [6.07, 6.45) is 8.90. The third-order valence-corrected chi connectivity index (χ3v) is 3.62. The first kappa shape index (κ1) is 13.5. The molecule has 1 fully saturated rings. The highest BCUT2D eigenvalue weighted by atomic mass is 16.5. The summed E-state index contributed by atoms with van der Waals surface area (Å²) in [4.78, 5) is 4.27. The molecular formula is C15H24N2O. The molecule has 0 amide bonds. The first-order chi connectivity index (χ1) is 8.83. The van der Waals surface area contributed by atoms with E-state index in [1.54, 1.807) is 0 Å². The molecule has 100 valence electrons. The van der Waals surface area contributed by atoms with Crippen molar-refractivity contribution in [1.29, 1.82) is 0 Å². The van der Waals surface area contributed by atoms with Crippen LogP contribution >= 0.6 is 0 Å². The Balaban J connectivity index is 2.15. The number of aromatic nitrogens is 1. The summed E-state index contributed by atoms with van der Waals surface area (Å²) < 4.78 is 5.96. The van der Waals surface area contributed by atoms with Crippen LogP contribution in [0.4, 0.5) is 0 Å². The highest BCUT2D eigenvalue weighted by molar-refractivity contribution is 5.26. The first-order valence-electron chi connectivity index (χ1n) is 7.08. The van der Waals surface area contributed by atoms with Crippen LogP contribution in [0.25, 0.3) is 0 Å². The number of pyridine rings is 1. The summed E-state index contributed by atoms with van der Waals surface area (Å²) in [5, 5.41) is 3.63. The van der Waals surface area contributed by atoms with Crippen LogP contribution in [0.5, 0.6) is 0 Å². The molecule has 1 aliphatic heterocycles. The molecule has 1 N–H and O–H groups in total. The third kappa shape index (κ3) is 3.30. The van der Waals surface area contributed by atoms with Gasteiger partial charge in [-0.2, -0.15) is 0 Å². The maximum Gasteiger partial charge on any atom is 0.0770 e. The lowest BCUT2D eigenvalue weighted by molar-refractivity contribution is -0.00835. The zero-order valence-electron chi connectivity index (χ0n) is 11.5. The Morgan fingerprint density at radius 3 is 3.06 bits per heavy atom. The zero-order valence-corrected chi connectivity index (χ0v) is 11.5. The van der Waals surface area contributed by atoms with E-state index in [0.717, 1.165) is 26.0 Å². The average Bonchev–Trinajstić information content (AvgIpc) is 2.42. The summed E-state index contributed by atoms with van der Waals surface area (Å²) in [6.45, 7) is 6.27. The van der Waals surface area contributed by atoms with Crippen LogP contribution in [0.3, 0.4) is 0 Å². The Morgan fingerprint density at radius 1 is 1.50 bits per heavy atom. The Morgan fingerprint density at radius 2 is 2.39 bits per heavy atom. The van der Waals surface area contributed by atoms with Crippen LogP contribution in [-0.4, -0.2) is 24.2 Å². The second-order valence-electron chi connectivity index (χ2n) is 5.07. The zero-order chi connectivity index (χ0) is 12.8. The summed E-state index contributed by atoms with van der Waals surface area (Å²) in [7, 11) is 0. The summed E-state index contributed by atoms with van der Waals surface area (Å²) in [5.74, 6) is 0. The fourth-order valence-electron chi connectivity index (χ4n) is 2.57. The standard InChI is InChI=1S/C15H24N2O/c1-3-8-17-15(14-6-4-5-10-18-14)13-11-16-9-7-12(13)2/h7,9,11,14-15,17H,3-6,8,10H2,1-2H3. The van der Waals surface area contributed by atoms with Gasteiger partial charge >= 0.3 is 0 Å². The molecule has 2 rings (SSSR count). The van der Waals surface area contributed by atoms with Gasteiger partial charge < -0.3 is 10.1 Å². The van der Waals surface area contributed by atoms with Gasteiger partial charge in [0.2, 0.25) is 0 Å². The number of aryl methyl sites for hydroxylation is 1. The van der Waals surface area contributed by atoms with Crippen LogP contribution in [-0.2, 0) is 4.74 Å². The van der Waals surface area contributed by atoms with E-state index in [1.807, 2.05) is 12.4 Å². The molecule has 0 aromatic carbocycles. The van der Waals surface area contributed by atoms with Crippen molar-refractivity contribution in [3.8, 4) is 0 Å². The van der Waals surface area contributed by atoms with Gasteiger partial charge in [0, 0.05) is 19.0 Å². The molecular weight excluding hydrogens is 224 g/mol. The van der Waals surface area contributed by atoms with Crippen molar-refractivity contribution in [2.45, 2.75) is 51.7 Å². The lowest BCUT2D eigenvalue weighted by Gasteiger charge is -2.32. The highest BCUT2D eigenvalue weighted by Gasteiger charge is 2.26. The van der Waals surface area contributed by atoms with Gasteiger partial charge in [-0.15, -0.1) is 0 Å². The van der Waals surface area contributed by atoms with Crippen molar-refractivity contribution < 1.29 is 4.74 Å². The molecule has 3 nitrogen and oxygen atoms in total. The van der Waals surface area contributed by atoms with Crippen molar-refractivity contribution in [3.63, 3.8) is 0 Å². The molecule has 1 aliphatic rings. The number of nitrogens with one attached hydrogen (secondary N) is 1. The molecule has 3 heteroatoms. The number of rotatable bonds is 5. The number of hydrogen-bond acceptors (Lipinski definition) is 3. The molecule has 1 aromatic heterocycles. The fraction of sp³-hybridized carbons (Fsp3) is 0.667. The summed E-state index contributed by atoms with van der Waals surface area (Å²) in [6, 6.07) is 2.37. The smallest absolute Gasteiger partial charge is 0.0770 e. The summed E-state index contributed by atoms with van der Waals surface area (Å²) >= 11 is 0. The van der Waals surface area contributed by atoms with Crippen LogP contribution in [0.2, 0.25) is 0 Å². The lowest BCUT2D eigenvalue weighted by Crippen LogP contribution is -2.36. The van der Waals surface area contributed by atoms with Gasteiger partial charge in [-0.25, -0.2) is 0 Å². The molecule has 0 aliphatic carbocycles. The molecule has 0 spiro atoms. The predicted molar refractivity (Wildman–Crippen MR) is 73.6 cm³/mol. The minimum atomic E-state index is 0.291. The van der Waals surface area contributed by atoms with Crippen molar-refractivity contribution >= 4 is 0 Å². The maximum atomic E-state index is 5.96. The minimum Gasteiger partial charge on any atom is -0.376 e. The van der Waals surface area contributed by atoms with Crippen molar-refractivity contribution in [2.75, 3.05) is 13.2 Å². The minimum absolute atomic E-state index is 0.291. The van der Waals surface area contributed by atoms with E-state index in [1.165, 1.54) is 24.0 Å². The molecule has 18 heavy (non-hydrogen) atoms. The second-order valence-corrected chi connectivity index (χ2v) is 5.07.